The topological polar surface area (TPSA) is 110 Å². The lowest BCUT2D eigenvalue weighted by atomic mass is 9.93. The molecule has 5 heterocycles. The number of pyridine rings is 1. The summed E-state index contributed by atoms with van der Waals surface area (Å²) in [5, 5.41) is 11.7. The number of rotatable bonds is 5. The number of aromatic amines is 1. The second-order valence-corrected chi connectivity index (χ2v) is 12.4. The van der Waals surface area contributed by atoms with Crippen molar-refractivity contribution in [2.45, 2.75) is 38.8 Å². The number of nitriles is 1. The van der Waals surface area contributed by atoms with Gasteiger partial charge in [0.2, 0.25) is 5.91 Å². The second-order valence-electron chi connectivity index (χ2n) is 12.0. The zero-order valence-corrected chi connectivity index (χ0v) is 25.7. The largest absolute Gasteiger partial charge is 0.488 e. The highest BCUT2D eigenvalue weighted by molar-refractivity contribution is 6.35. The molecule has 11 heteroatoms. The minimum Gasteiger partial charge on any atom is -0.488 e. The van der Waals surface area contributed by atoms with E-state index in [1.807, 2.05) is 32.0 Å². The normalized spacial score (nSPS) is 20.2. The van der Waals surface area contributed by atoms with E-state index in [9.17, 15) is 14.9 Å². The number of aromatic nitrogens is 3. The van der Waals surface area contributed by atoms with E-state index in [-0.39, 0.29) is 35.7 Å². The Morgan fingerprint density at radius 2 is 2.05 bits per heavy atom. The van der Waals surface area contributed by atoms with E-state index >= 15 is 0 Å². The van der Waals surface area contributed by atoms with Crippen LogP contribution in [-0.4, -0.2) is 82.2 Å². The number of aryl methyl sites for hydroxylation is 1. The summed E-state index contributed by atoms with van der Waals surface area (Å²) in [6, 6.07) is 7.71. The maximum Gasteiger partial charge on any atom is 0.271 e. The predicted molar refractivity (Wildman–Crippen MR) is 172 cm³/mol. The number of imidazole rings is 1. The molecule has 226 valence electrons. The molecule has 0 aliphatic carbocycles. The third-order valence-electron chi connectivity index (χ3n) is 9.39. The van der Waals surface area contributed by atoms with Gasteiger partial charge < -0.3 is 24.4 Å². The number of piperazine rings is 1. The van der Waals surface area contributed by atoms with Crippen LogP contribution in [0.1, 0.15) is 36.9 Å². The van der Waals surface area contributed by atoms with E-state index in [0.717, 1.165) is 48.1 Å². The third kappa shape index (κ3) is 4.37. The van der Waals surface area contributed by atoms with Crippen LogP contribution in [-0.2, 0) is 4.79 Å². The van der Waals surface area contributed by atoms with Gasteiger partial charge in [-0.1, -0.05) is 24.2 Å². The van der Waals surface area contributed by atoms with Crippen LogP contribution in [0.5, 0.6) is 5.75 Å². The van der Waals surface area contributed by atoms with Crippen molar-refractivity contribution in [1.29, 1.82) is 5.26 Å². The smallest absolute Gasteiger partial charge is 0.271 e. The first-order valence-corrected chi connectivity index (χ1v) is 15.5. The molecule has 0 saturated carbocycles. The van der Waals surface area contributed by atoms with Gasteiger partial charge in [-0.05, 0) is 63.6 Å². The third-order valence-corrected chi connectivity index (χ3v) is 9.69. The minimum absolute atomic E-state index is 0.0847. The fraction of sp³-hybridized carbons (Fsp3) is 0.394. The number of hydrogen-bond acceptors (Lipinski definition) is 7. The highest BCUT2D eigenvalue weighted by atomic mass is 35.5. The SMILES string of the molecule is C=CC(=O)N1CCN(c2c(C#N)c(=O)n3c4c(c(-c5c(C)ccc6[nH]cnc56)c(Cl)cc24)OCC3CN2CCCC2)[C@@H](C)C1. The van der Waals surface area contributed by atoms with Crippen LogP contribution in [0.25, 0.3) is 33.1 Å². The molecule has 2 aromatic heterocycles. The molecule has 0 radical (unpaired) electrons. The van der Waals surface area contributed by atoms with Crippen LogP contribution in [0.3, 0.4) is 0 Å². The summed E-state index contributed by atoms with van der Waals surface area (Å²) >= 11 is 7.20. The molecule has 1 N–H and O–H groups in total. The number of ether oxygens (including phenoxy) is 1. The van der Waals surface area contributed by atoms with Crippen LogP contribution in [0, 0.1) is 18.3 Å². The first kappa shape index (κ1) is 28.4. The van der Waals surface area contributed by atoms with E-state index in [0.29, 0.717) is 59.1 Å². The quantitative estimate of drug-likeness (QED) is 0.328. The lowest BCUT2D eigenvalue weighted by Crippen LogP contribution is -2.54. The summed E-state index contributed by atoms with van der Waals surface area (Å²) in [6.07, 6.45) is 5.23. The number of hydrogen-bond donors (Lipinski definition) is 1. The van der Waals surface area contributed by atoms with E-state index in [1.165, 1.54) is 6.08 Å². The fourth-order valence-electron chi connectivity index (χ4n) is 7.31. The highest BCUT2D eigenvalue weighted by Gasteiger charge is 2.37. The van der Waals surface area contributed by atoms with Crippen molar-refractivity contribution in [2.75, 3.05) is 50.8 Å². The average Bonchev–Trinajstić information content (AvgIpc) is 3.72. The van der Waals surface area contributed by atoms with Crippen LogP contribution in [0.4, 0.5) is 5.69 Å². The lowest BCUT2D eigenvalue weighted by molar-refractivity contribution is -0.126. The molecule has 4 aromatic rings. The Morgan fingerprint density at radius 1 is 1.25 bits per heavy atom. The molecule has 2 aromatic carbocycles. The molecule has 1 unspecified atom stereocenters. The van der Waals surface area contributed by atoms with Gasteiger partial charge in [-0.25, -0.2) is 4.98 Å². The van der Waals surface area contributed by atoms with Gasteiger partial charge in [-0.2, -0.15) is 5.26 Å². The van der Waals surface area contributed by atoms with Gasteiger partial charge in [0.25, 0.3) is 5.56 Å². The van der Waals surface area contributed by atoms with Crippen LogP contribution >= 0.6 is 11.6 Å². The number of benzene rings is 2. The first-order chi connectivity index (χ1) is 21.3. The average molecular weight is 612 g/mol. The molecule has 2 atom stereocenters. The van der Waals surface area contributed by atoms with Crippen LogP contribution in [0.2, 0.25) is 5.02 Å². The summed E-state index contributed by atoms with van der Waals surface area (Å²) in [7, 11) is 0. The predicted octanol–water partition coefficient (Wildman–Crippen LogP) is 4.63. The van der Waals surface area contributed by atoms with E-state index in [2.05, 4.69) is 32.4 Å². The summed E-state index contributed by atoms with van der Waals surface area (Å²) in [4.78, 5) is 40.9. The molecule has 1 amide bonds. The van der Waals surface area contributed by atoms with Crippen molar-refractivity contribution in [3.63, 3.8) is 0 Å². The standard InChI is InChI=1S/C33H34ClN7O3/c1-4-26(42)39-11-12-40(20(3)15-39)30-22-13-24(34)28(27-19(2)7-8-25-29(27)37-18-36-25)32-31(22)41(33(43)23(30)14-35)21(17-44-32)16-38-9-5-6-10-38/h4,7-8,13,18,20-21H,1,5-6,9-12,15-17H2,2-3H3,(H,36,37)/t20-,21?/m0/s1. The van der Waals surface area contributed by atoms with Crippen molar-refractivity contribution in [3.8, 4) is 22.9 Å². The zero-order valence-electron chi connectivity index (χ0n) is 24.9. The fourth-order valence-corrected chi connectivity index (χ4v) is 7.60. The Bertz CT molecular complexity index is 1930. The van der Waals surface area contributed by atoms with Gasteiger partial charge in [0.1, 0.15) is 18.2 Å². The number of nitrogens with zero attached hydrogens (tertiary/aromatic N) is 6. The van der Waals surface area contributed by atoms with Crippen LogP contribution in [0.15, 0.2) is 42.0 Å². The van der Waals surface area contributed by atoms with E-state index in [1.54, 1.807) is 15.8 Å². The van der Waals surface area contributed by atoms with Gasteiger partial charge in [0.05, 0.1) is 39.6 Å². The van der Waals surface area contributed by atoms with Gasteiger partial charge in [-0.15, -0.1) is 0 Å². The number of nitrogens with one attached hydrogen (secondary N) is 1. The number of carbonyl (C=O) groups is 1. The Kier molecular flexibility index (Phi) is 7.10. The van der Waals surface area contributed by atoms with E-state index in [4.69, 9.17) is 16.3 Å². The number of amides is 1. The number of carbonyl (C=O) groups excluding carboxylic acids is 1. The molecule has 3 aliphatic rings. The molecule has 0 bridgehead atoms. The molecule has 7 rings (SSSR count). The monoisotopic (exact) mass is 611 g/mol. The Labute approximate surface area is 260 Å². The number of anilines is 1. The molecule has 3 aliphatic heterocycles. The van der Waals surface area contributed by atoms with Crippen molar-refractivity contribution in [3.05, 3.63) is 63.7 Å². The van der Waals surface area contributed by atoms with Crippen molar-refractivity contribution in [1.82, 2.24) is 24.3 Å². The Morgan fingerprint density at radius 3 is 2.77 bits per heavy atom. The number of H-pyrrole nitrogens is 1. The zero-order chi connectivity index (χ0) is 30.7. The van der Waals surface area contributed by atoms with Crippen molar-refractivity contribution in [2.24, 2.45) is 0 Å². The maximum atomic E-state index is 14.5. The summed E-state index contributed by atoms with van der Waals surface area (Å²) in [6.45, 7) is 11.9. The first-order valence-electron chi connectivity index (χ1n) is 15.1. The maximum absolute atomic E-state index is 14.5. The minimum atomic E-state index is -0.330. The molecule has 2 saturated heterocycles. The summed E-state index contributed by atoms with van der Waals surface area (Å²) < 4.78 is 8.44. The number of likely N-dealkylation sites (tertiary alicyclic amines) is 1. The molecular weight excluding hydrogens is 578 g/mol. The summed E-state index contributed by atoms with van der Waals surface area (Å²) in [5.74, 6) is 0.391. The second kappa shape index (κ2) is 11.0. The van der Waals surface area contributed by atoms with Crippen LogP contribution < -0.4 is 15.2 Å². The lowest BCUT2D eigenvalue weighted by Gasteiger charge is -2.42. The van der Waals surface area contributed by atoms with Gasteiger partial charge >= 0.3 is 0 Å². The van der Waals surface area contributed by atoms with Gasteiger partial charge in [0.15, 0.2) is 5.75 Å². The van der Waals surface area contributed by atoms with Crippen molar-refractivity contribution >= 4 is 45.1 Å². The molecular formula is C33H34ClN7O3. The Hall–Kier alpha value is -4.33. The van der Waals surface area contributed by atoms with Gasteiger partial charge in [0, 0.05) is 48.7 Å². The summed E-state index contributed by atoms with van der Waals surface area (Å²) in [5.41, 5.74) is 5.08. The Balaban J connectivity index is 1.51. The van der Waals surface area contributed by atoms with Crippen molar-refractivity contribution < 1.29 is 9.53 Å². The molecule has 10 nitrogen and oxygen atoms in total. The number of halogens is 1. The highest BCUT2D eigenvalue weighted by Crippen LogP contribution is 2.49. The molecule has 2 fully saturated rings. The number of fused-ring (bicyclic) bond motifs is 1. The molecule has 44 heavy (non-hydrogen) atoms. The molecule has 0 spiro atoms. The van der Waals surface area contributed by atoms with Gasteiger partial charge in [-0.3, -0.25) is 14.2 Å². The van der Waals surface area contributed by atoms with E-state index < -0.39 is 0 Å².